The Morgan fingerprint density at radius 2 is 1.86 bits per heavy atom. The normalized spacial score (nSPS) is 18.0. The maximum Gasteiger partial charge on any atom is 0.243 e. The second-order valence-electron chi connectivity index (χ2n) is 5.01. The van der Waals surface area contributed by atoms with Crippen molar-refractivity contribution in [1.82, 2.24) is 4.31 Å². The van der Waals surface area contributed by atoms with E-state index in [1.165, 1.54) is 16.4 Å². The van der Waals surface area contributed by atoms with Crippen LogP contribution in [0.15, 0.2) is 29.2 Å². The lowest BCUT2D eigenvalue weighted by molar-refractivity contribution is 0.0149. The molecule has 0 saturated carbocycles. The molecule has 0 spiro atoms. The van der Waals surface area contributed by atoms with Crippen molar-refractivity contribution in [2.75, 3.05) is 26.3 Å². The van der Waals surface area contributed by atoms with Crippen LogP contribution >= 0.6 is 11.6 Å². The number of piperidine rings is 1. The highest BCUT2D eigenvalue weighted by Gasteiger charge is 2.29. The number of rotatable bonds is 6. The predicted molar refractivity (Wildman–Crippen MR) is 80.9 cm³/mol. The molecule has 1 saturated heterocycles. The molecule has 0 aliphatic carbocycles. The van der Waals surface area contributed by atoms with Crippen LogP contribution in [-0.2, 0) is 14.8 Å². The highest BCUT2D eigenvalue weighted by molar-refractivity contribution is 7.89. The molecule has 0 radical (unpaired) electrons. The summed E-state index contributed by atoms with van der Waals surface area (Å²) in [6.07, 6.45) is 2.05. The van der Waals surface area contributed by atoms with Gasteiger partial charge in [-0.2, -0.15) is 4.31 Å². The second-order valence-corrected chi connectivity index (χ2v) is 7.38. The van der Waals surface area contributed by atoms with Gasteiger partial charge in [0.05, 0.1) is 11.0 Å². The molecule has 21 heavy (non-hydrogen) atoms. The number of ether oxygens (including phenoxy) is 1. The largest absolute Gasteiger partial charge is 0.396 e. The first kappa shape index (κ1) is 16.7. The fraction of sp³-hybridized carbons (Fsp3) is 0.571. The van der Waals surface area contributed by atoms with E-state index in [4.69, 9.17) is 21.4 Å². The van der Waals surface area contributed by atoms with Gasteiger partial charge >= 0.3 is 0 Å². The van der Waals surface area contributed by atoms with Gasteiger partial charge in [0.15, 0.2) is 0 Å². The van der Waals surface area contributed by atoms with Crippen LogP contribution in [-0.4, -0.2) is 50.2 Å². The van der Waals surface area contributed by atoms with Crippen molar-refractivity contribution in [3.05, 3.63) is 29.3 Å². The van der Waals surface area contributed by atoms with Gasteiger partial charge in [-0.05, 0) is 43.5 Å². The summed E-state index contributed by atoms with van der Waals surface area (Å²) < 4.78 is 32.0. The van der Waals surface area contributed by atoms with E-state index in [-0.39, 0.29) is 17.6 Å². The van der Waals surface area contributed by atoms with Crippen molar-refractivity contribution in [3.63, 3.8) is 0 Å². The van der Waals surface area contributed by atoms with E-state index in [0.29, 0.717) is 44.0 Å². The van der Waals surface area contributed by atoms with E-state index in [0.717, 1.165) is 0 Å². The molecule has 1 N–H and O–H groups in total. The zero-order valence-electron chi connectivity index (χ0n) is 11.7. The number of hydrogen-bond donors (Lipinski definition) is 1. The second kappa shape index (κ2) is 7.56. The summed E-state index contributed by atoms with van der Waals surface area (Å²) in [5.41, 5.74) is 0. The highest BCUT2D eigenvalue weighted by Crippen LogP contribution is 2.23. The van der Waals surface area contributed by atoms with Crippen molar-refractivity contribution >= 4 is 21.6 Å². The molecule has 1 aliphatic rings. The Bertz CT molecular complexity index is 539. The Kier molecular flexibility index (Phi) is 6.01. The Labute approximate surface area is 130 Å². The number of halogens is 1. The third-order valence-corrected chi connectivity index (χ3v) is 5.67. The lowest BCUT2D eigenvalue weighted by Gasteiger charge is -2.31. The first-order chi connectivity index (χ1) is 10.0. The minimum atomic E-state index is -3.45. The van der Waals surface area contributed by atoms with Gasteiger partial charge in [0.1, 0.15) is 0 Å². The summed E-state index contributed by atoms with van der Waals surface area (Å²) in [4.78, 5) is 0.270. The zero-order valence-corrected chi connectivity index (χ0v) is 13.3. The van der Waals surface area contributed by atoms with Gasteiger partial charge in [0, 0.05) is 31.3 Å². The summed E-state index contributed by atoms with van der Waals surface area (Å²) in [6, 6.07) is 6.22. The number of nitrogens with zero attached hydrogens (tertiary/aromatic N) is 1. The standard InChI is InChI=1S/C14H20ClNO4S/c15-12-2-4-14(5-3-12)21(18,19)16-8-6-13(7-9-16)20-11-1-10-17/h2-5,13,17H,1,6-11H2. The number of aliphatic hydroxyl groups is 1. The van der Waals surface area contributed by atoms with Gasteiger partial charge < -0.3 is 9.84 Å². The van der Waals surface area contributed by atoms with Gasteiger partial charge in [-0.1, -0.05) is 11.6 Å². The average Bonchev–Trinajstić information content (AvgIpc) is 2.48. The van der Waals surface area contributed by atoms with E-state index < -0.39 is 10.0 Å². The van der Waals surface area contributed by atoms with Gasteiger partial charge in [-0.25, -0.2) is 8.42 Å². The molecule has 0 unspecified atom stereocenters. The van der Waals surface area contributed by atoms with Gasteiger partial charge in [-0.15, -0.1) is 0 Å². The number of aliphatic hydroxyl groups excluding tert-OH is 1. The quantitative estimate of drug-likeness (QED) is 0.807. The molecule has 1 aromatic rings. The molecule has 7 heteroatoms. The lowest BCUT2D eigenvalue weighted by Crippen LogP contribution is -2.40. The monoisotopic (exact) mass is 333 g/mol. The van der Waals surface area contributed by atoms with Crippen LogP contribution in [0.25, 0.3) is 0 Å². The molecule has 1 aromatic carbocycles. The molecule has 118 valence electrons. The molecule has 2 rings (SSSR count). The maximum atomic E-state index is 12.5. The molecule has 0 aromatic heterocycles. The molecular weight excluding hydrogens is 314 g/mol. The van der Waals surface area contributed by atoms with Gasteiger partial charge in [0.2, 0.25) is 10.0 Å². The SMILES string of the molecule is O=S(=O)(c1ccc(Cl)cc1)N1CCC(OCCCO)CC1. The summed E-state index contributed by atoms with van der Waals surface area (Å²) in [7, 11) is -3.45. The average molecular weight is 334 g/mol. The summed E-state index contributed by atoms with van der Waals surface area (Å²) in [5.74, 6) is 0. The summed E-state index contributed by atoms with van der Waals surface area (Å²) in [5, 5.41) is 9.23. The number of hydrogen-bond acceptors (Lipinski definition) is 4. The van der Waals surface area contributed by atoms with Gasteiger partial charge in [-0.3, -0.25) is 0 Å². The molecule has 1 aliphatic heterocycles. The van der Waals surface area contributed by atoms with Crippen molar-refractivity contribution in [1.29, 1.82) is 0 Å². The van der Waals surface area contributed by atoms with Crippen molar-refractivity contribution < 1.29 is 18.3 Å². The molecule has 1 fully saturated rings. The fourth-order valence-electron chi connectivity index (χ4n) is 2.31. The maximum absolute atomic E-state index is 12.5. The Morgan fingerprint density at radius 1 is 1.24 bits per heavy atom. The molecule has 0 atom stereocenters. The molecule has 0 amide bonds. The zero-order chi connectivity index (χ0) is 15.3. The van der Waals surface area contributed by atoms with E-state index in [9.17, 15) is 8.42 Å². The van der Waals surface area contributed by atoms with Crippen LogP contribution in [0.1, 0.15) is 19.3 Å². The minimum Gasteiger partial charge on any atom is -0.396 e. The van der Waals surface area contributed by atoms with Crippen LogP contribution in [0.3, 0.4) is 0 Å². The Morgan fingerprint density at radius 3 is 2.43 bits per heavy atom. The predicted octanol–water partition coefficient (Wildman–Crippen LogP) is 1.89. The highest BCUT2D eigenvalue weighted by atomic mass is 35.5. The smallest absolute Gasteiger partial charge is 0.243 e. The third-order valence-electron chi connectivity index (χ3n) is 3.51. The van der Waals surface area contributed by atoms with Crippen LogP contribution in [0.2, 0.25) is 5.02 Å². The molecule has 1 heterocycles. The minimum absolute atomic E-state index is 0.0771. The van der Waals surface area contributed by atoms with E-state index in [2.05, 4.69) is 0 Å². The van der Waals surface area contributed by atoms with Crippen molar-refractivity contribution in [3.8, 4) is 0 Å². The first-order valence-corrected chi connectivity index (χ1v) is 8.84. The topological polar surface area (TPSA) is 66.8 Å². The molecular formula is C14H20ClNO4S. The summed E-state index contributed by atoms with van der Waals surface area (Å²) in [6.45, 7) is 1.54. The van der Waals surface area contributed by atoms with Gasteiger partial charge in [0.25, 0.3) is 0 Å². The number of benzene rings is 1. The van der Waals surface area contributed by atoms with E-state index >= 15 is 0 Å². The molecule has 5 nitrogen and oxygen atoms in total. The van der Waals surface area contributed by atoms with E-state index in [1.54, 1.807) is 12.1 Å². The first-order valence-electron chi connectivity index (χ1n) is 7.02. The van der Waals surface area contributed by atoms with Crippen LogP contribution in [0, 0.1) is 0 Å². The van der Waals surface area contributed by atoms with Crippen LogP contribution in [0.4, 0.5) is 0 Å². The Balaban J connectivity index is 1.93. The van der Waals surface area contributed by atoms with Crippen molar-refractivity contribution in [2.45, 2.75) is 30.3 Å². The molecule has 0 bridgehead atoms. The van der Waals surface area contributed by atoms with E-state index in [1.807, 2.05) is 0 Å². The lowest BCUT2D eigenvalue weighted by atomic mass is 10.1. The number of sulfonamides is 1. The van der Waals surface area contributed by atoms with Crippen LogP contribution < -0.4 is 0 Å². The third kappa shape index (κ3) is 4.40. The fourth-order valence-corrected chi connectivity index (χ4v) is 3.91. The van der Waals surface area contributed by atoms with Crippen LogP contribution in [0.5, 0.6) is 0 Å². The van der Waals surface area contributed by atoms with Crippen molar-refractivity contribution in [2.24, 2.45) is 0 Å². The Hall–Kier alpha value is -0.660. The summed E-state index contributed by atoms with van der Waals surface area (Å²) >= 11 is 5.78.